The summed E-state index contributed by atoms with van der Waals surface area (Å²) in [7, 11) is 4.14. The summed E-state index contributed by atoms with van der Waals surface area (Å²) in [5.41, 5.74) is 0. The number of quaternary nitrogens is 1. The molecule has 13 heavy (non-hydrogen) atoms. The lowest BCUT2D eigenvalue weighted by Crippen LogP contribution is -3.14. The molecule has 1 fully saturated rings. The van der Waals surface area contributed by atoms with Gasteiger partial charge in [0.15, 0.2) is 0 Å². The summed E-state index contributed by atoms with van der Waals surface area (Å²) in [5, 5.41) is 0. The average Bonchev–Trinajstić information content (AvgIpc) is 2.16. The fourth-order valence-corrected chi connectivity index (χ4v) is 2.42. The molecule has 1 rings (SSSR count). The number of likely N-dealkylation sites (N-methyl/N-ethyl adjacent to an activating group) is 1. The maximum absolute atomic E-state index is 5.55. The average molecular weight is 186 g/mol. The lowest BCUT2D eigenvalue weighted by Gasteiger charge is -2.36. The second-order valence-corrected chi connectivity index (χ2v) is 4.50. The van der Waals surface area contributed by atoms with E-state index in [-0.39, 0.29) is 0 Å². The van der Waals surface area contributed by atoms with E-state index in [0.29, 0.717) is 6.10 Å². The van der Waals surface area contributed by atoms with Gasteiger partial charge in [0.25, 0.3) is 0 Å². The zero-order chi connectivity index (χ0) is 9.84. The van der Waals surface area contributed by atoms with Gasteiger partial charge in [0.05, 0.1) is 13.6 Å². The zero-order valence-corrected chi connectivity index (χ0v) is 9.47. The third-order valence-corrected chi connectivity index (χ3v) is 3.54. The maximum Gasteiger partial charge on any atom is 0.114 e. The van der Waals surface area contributed by atoms with Gasteiger partial charge in [0.1, 0.15) is 12.1 Å². The summed E-state index contributed by atoms with van der Waals surface area (Å²) in [4.78, 5) is 1.62. The summed E-state index contributed by atoms with van der Waals surface area (Å²) in [6.07, 6.45) is 4.42. The highest BCUT2D eigenvalue weighted by Crippen LogP contribution is 2.24. The number of methoxy groups -OCH3 is 1. The van der Waals surface area contributed by atoms with E-state index in [0.717, 1.165) is 12.0 Å². The van der Waals surface area contributed by atoms with Crippen molar-refractivity contribution in [2.45, 2.75) is 45.3 Å². The summed E-state index contributed by atoms with van der Waals surface area (Å²) < 4.78 is 5.55. The van der Waals surface area contributed by atoms with E-state index in [9.17, 15) is 0 Å². The van der Waals surface area contributed by atoms with Crippen molar-refractivity contribution >= 4 is 0 Å². The molecular formula is C11H24NO+. The van der Waals surface area contributed by atoms with Crippen molar-refractivity contribution in [2.75, 3.05) is 20.7 Å². The van der Waals surface area contributed by atoms with Crippen LogP contribution in [-0.2, 0) is 4.74 Å². The number of hydrogen-bond donors (Lipinski definition) is 1. The molecule has 0 radical (unpaired) electrons. The Morgan fingerprint density at radius 1 is 1.38 bits per heavy atom. The van der Waals surface area contributed by atoms with Crippen molar-refractivity contribution in [3.63, 3.8) is 0 Å². The fourth-order valence-electron chi connectivity index (χ4n) is 2.42. The highest BCUT2D eigenvalue weighted by Gasteiger charge is 2.33. The van der Waals surface area contributed by atoms with E-state index in [1.807, 2.05) is 7.11 Å². The van der Waals surface area contributed by atoms with Gasteiger partial charge < -0.3 is 9.64 Å². The standard InChI is InChI=1S/C11H23NO/c1-5-12(3)10-8-9(2)6-7-11(10)13-4/h9-11H,5-8H2,1-4H3/p+1. The van der Waals surface area contributed by atoms with Gasteiger partial charge in [-0.2, -0.15) is 0 Å². The van der Waals surface area contributed by atoms with Gasteiger partial charge in [-0.15, -0.1) is 0 Å². The summed E-state index contributed by atoms with van der Waals surface area (Å²) in [6.45, 7) is 5.82. The second kappa shape index (κ2) is 4.97. The van der Waals surface area contributed by atoms with Crippen LogP contribution in [0.4, 0.5) is 0 Å². The summed E-state index contributed by atoms with van der Waals surface area (Å²) in [5.74, 6) is 0.887. The molecule has 1 aliphatic rings. The molecule has 0 spiro atoms. The normalized spacial score (nSPS) is 37.4. The Hall–Kier alpha value is -0.0800. The number of nitrogens with one attached hydrogen (secondary N) is 1. The third kappa shape index (κ3) is 2.68. The smallest absolute Gasteiger partial charge is 0.114 e. The van der Waals surface area contributed by atoms with Crippen molar-refractivity contribution in [3.05, 3.63) is 0 Å². The zero-order valence-electron chi connectivity index (χ0n) is 9.47. The molecule has 4 unspecified atom stereocenters. The van der Waals surface area contributed by atoms with Gasteiger partial charge in [-0.25, -0.2) is 0 Å². The molecule has 0 aromatic rings. The molecule has 0 saturated heterocycles. The molecule has 1 saturated carbocycles. The molecule has 0 aliphatic heterocycles. The van der Waals surface area contributed by atoms with Crippen molar-refractivity contribution in [1.29, 1.82) is 0 Å². The first-order valence-corrected chi connectivity index (χ1v) is 5.54. The number of ether oxygens (including phenoxy) is 1. The van der Waals surface area contributed by atoms with Crippen LogP contribution >= 0.6 is 0 Å². The molecule has 1 N–H and O–H groups in total. The second-order valence-electron chi connectivity index (χ2n) is 4.50. The molecule has 0 heterocycles. The molecule has 78 valence electrons. The molecule has 0 amide bonds. The van der Waals surface area contributed by atoms with Crippen LogP contribution in [0.1, 0.15) is 33.1 Å². The fraction of sp³-hybridized carbons (Fsp3) is 1.00. The molecule has 4 atom stereocenters. The molecular weight excluding hydrogens is 162 g/mol. The van der Waals surface area contributed by atoms with Crippen LogP contribution in [0.5, 0.6) is 0 Å². The molecule has 0 aromatic heterocycles. The Labute approximate surface area is 82.3 Å². The van der Waals surface area contributed by atoms with Gasteiger partial charge in [-0.1, -0.05) is 6.92 Å². The van der Waals surface area contributed by atoms with Gasteiger partial charge in [0, 0.05) is 13.5 Å². The Balaban J connectivity index is 2.54. The number of rotatable bonds is 3. The molecule has 1 aliphatic carbocycles. The molecule has 2 nitrogen and oxygen atoms in total. The van der Waals surface area contributed by atoms with Crippen molar-refractivity contribution in [2.24, 2.45) is 5.92 Å². The first kappa shape index (κ1) is 11.0. The summed E-state index contributed by atoms with van der Waals surface area (Å²) in [6, 6.07) is 0.721. The van der Waals surface area contributed by atoms with E-state index in [1.54, 1.807) is 4.90 Å². The monoisotopic (exact) mass is 186 g/mol. The largest absolute Gasteiger partial charge is 0.375 e. The van der Waals surface area contributed by atoms with Crippen LogP contribution in [-0.4, -0.2) is 32.8 Å². The Kier molecular flexibility index (Phi) is 4.20. The summed E-state index contributed by atoms with van der Waals surface area (Å²) >= 11 is 0. The number of hydrogen-bond acceptors (Lipinski definition) is 1. The molecule has 0 bridgehead atoms. The predicted molar refractivity (Wildman–Crippen MR) is 55.0 cm³/mol. The van der Waals surface area contributed by atoms with E-state index in [4.69, 9.17) is 4.74 Å². The van der Waals surface area contributed by atoms with Gasteiger partial charge >= 0.3 is 0 Å². The minimum absolute atomic E-state index is 0.496. The highest BCUT2D eigenvalue weighted by atomic mass is 16.5. The van der Waals surface area contributed by atoms with E-state index >= 15 is 0 Å². The van der Waals surface area contributed by atoms with Crippen LogP contribution in [0.3, 0.4) is 0 Å². The van der Waals surface area contributed by atoms with Crippen LogP contribution < -0.4 is 4.90 Å². The van der Waals surface area contributed by atoms with Gasteiger partial charge in [-0.05, 0) is 25.7 Å². The van der Waals surface area contributed by atoms with Crippen molar-refractivity contribution in [1.82, 2.24) is 0 Å². The van der Waals surface area contributed by atoms with E-state index in [2.05, 4.69) is 20.9 Å². The first-order valence-electron chi connectivity index (χ1n) is 5.54. The Bertz CT molecular complexity index is 149. The maximum atomic E-state index is 5.55. The topological polar surface area (TPSA) is 13.7 Å². The van der Waals surface area contributed by atoms with Crippen LogP contribution in [0.25, 0.3) is 0 Å². The lowest BCUT2D eigenvalue weighted by molar-refractivity contribution is -0.909. The highest BCUT2D eigenvalue weighted by molar-refractivity contribution is 4.78. The first-order chi connectivity index (χ1) is 6.19. The van der Waals surface area contributed by atoms with E-state index in [1.165, 1.54) is 25.8 Å². The Morgan fingerprint density at radius 2 is 2.08 bits per heavy atom. The van der Waals surface area contributed by atoms with Crippen molar-refractivity contribution < 1.29 is 9.64 Å². The van der Waals surface area contributed by atoms with Crippen LogP contribution in [0.2, 0.25) is 0 Å². The lowest BCUT2D eigenvalue weighted by atomic mass is 9.84. The van der Waals surface area contributed by atoms with E-state index < -0.39 is 0 Å². The minimum atomic E-state index is 0.496. The Morgan fingerprint density at radius 3 is 2.62 bits per heavy atom. The molecule has 0 aromatic carbocycles. The van der Waals surface area contributed by atoms with Gasteiger partial charge in [0.2, 0.25) is 0 Å². The van der Waals surface area contributed by atoms with Gasteiger partial charge in [-0.3, -0.25) is 0 Å². The SMILES string of the molecule is CC[NH+](C)C1CC(C)CCC1OC. The quantitative estimate of drug-likeness (QED) is 0.686. The third-order valence-electron chi connectivity index (χ3n) is 3.54. The van der Waals surface area contributed by atoms with Crippen molar-refractivity contribution in [3.8, 4) is 0 Å². The van der Waals surface area contributed by atoms with Crippen LogP contribution in [0.15, 0.2) is 0 Å². The molecule has 2 heteroatoms. The predicted octanol–water partition coefficient (Wildman–Crippen LogP) is 0.725. The van der Waals surface area contributed by atoms with Crippen LogP contribution in [0, 0.1) is 5.92 Å². The minimum Gasteiger partial charge on any atom is -0.375 e.